The van der Waals surface area contributed by atoms with E-state index in [2.05, 4.69) is 22.5 Å². The number of hydrogen-bond donors (Lipinski definition) is 0. The molecule has 0 fully saturated rings. The van der Waals surface area contributed by atoms with Gasteiger partial charge in [0.1, 0.15) is 11.6 Å². The fourth-order valence-electron chi connectivity index (χ4n) is 3.31. The van der Waals surface area contributed by atoms with Gasteiger partial charge >= 0.3 is 5.97 Å². The molecule has 3 rings (SSSR count). The Bertz CT molecular complexity index is 947. The summed E-state index contributed by atoms with van der Waals surface area (Å²) in [7, 11) is 3.04. The SMILES string of the molecule is CCCCc1nccn1Cc1ccc(-c2ccccc2C(=O)OC)c(OC)c1. The fourth-order valence-corrected chi connectivity index (χ4v) is 3.31. The minimum atomic E-state index is -0.360. The van der Waals surface area contributed by atoms with E-state index < -0.39 is 0 Å². The molecule has 0 N–H and O–H groups in total. The number of methoxy groups -OCH3 is 2. The fraction of sp³-hybridized carbons (Fsp3) is 0.304. The van der Waals surface area contributed by atoms with Gasteiger partial charge in [-0.25, -0.2) is 9.78 Å². The molecule has 0 amide bonds. The lowest BCUT2D eigenvalue weighted by atomic mass is 9.97. The van der Waals surface area contributed by atoms with Crippen molar-refractivity contribution in [2.75, 3.05) is 14.2 Å². The Morgan fingerprint density at radius 2 is 1.93 bits per heavy atom. The topological polar surface area (TPSA) is 53.4 Å². The van der Waals surface area contributed by atoms with Gasteiger partial charge in [-0.1, -0.05) is 43.7 Å². The number of carbonyl (C=O) groups excluding carboxylic acids is 1. The number of aromatic nitrogens is 2. The van der Waals surface area contributed by atoms with Crippen LogP contribution in [0.4, 0.5) is 0 Å². The Labute approximate surface area is 165 Å². The van der Waals surface area contributed by atoms with Gasteiger partial charge in [-0.05, 0) is 29.7 Å². The molecule has 0 aliphatic carbocycles. The molecular formula is C23H26N2O3. The van der Waals surface area contributed by atoms with Gasteiger partial charge in [0.2, 0.25) is 0 Å². The summed E-state index contributed by atoms with van der Waals surface area (Å²) in [4.78, 5) is 16.6. The van der Waals surface area contributed by atoms with Gasteiger partial charge in [-0.2, -0.15) is 0 Å². The van der Waals surface area contributed by atoms with E-state index in [1.807, 2.05) is 42.7 Å². The molecule has 0 atom stereocenters. The number of ether oxygens (including phenoxy) is 2. The molecular weight excluding hydrogens is 352 g/mol. The highest BCUT2D eigenvalue weighted by molar-refractivity contribution is 5.98. The smallest absolute Gasteiger partial charge is 0.338 e. The van der Waals surface area contributed by atoms with E-state index >= 15 is 0 Å². The third kappa shape index (κ3) is 4.25. The summed E-state index contributed by atoms with van der Waals surface area (Å²) in [5, 5.41) is 0. The highest BCUT2D eigenvalue weighted by Gasteiger charge is 2.16. The second-order valence-electron chi connectivity index (χ2n) is 6.65. The third-order valence-corrected chi connectivity index (χ3v) is 4.80. The lowest BCUT2D eigenvalue weighted by molar-refractivity contribution is 0.0601. The van der Waals surface area contributed by atoms with E-state index in [1.54, 1.807) is 13.2 Å². The van der Waals surface area contributed by atoms with E-state index in [0.717, 1.165) is 54.1 Å². The summed E-state index contributed by atoms with van der Waals surface area (Å²) in [6, 6.07) is 13.5. The van der Waals surface area contributed by atoms with Crippen molar-refractivity contribution in [3.05, 3.63) is 71.8 Å². The van der Waals surface area contributed by atoms with Crippen molar-refractivity contribution in [1.82, 2.24) is 9.55 Å². The number of benzene rings is 2. The molecule has 0 saturated carbocycles. The molecule has 0 radical (unpaired) electrons. The zero-order chi connectivity index (χ0) is 19.9. The Hall–Kier alpha value is -3.08. The Balaban J connectivity index is 1.92. The maximum Gasteiger partial charge on any atom is 0.338 e. The maximum absolute atomic E-state index is 12.1. The van der Waals surface area contributed by atoms with Gasteiger partial charge < -0.3 is 14.0 Å². The Kier molecular flexibility index (Phi) is 6.48. The molecule has 3 aromatic rings. The molecule has 0 aliphatic heterocycles. The predicted molar refractivity (Wildman–Crippen MR) is 110 cm³/mol. The molecule has 5 heteroatoms. The Morgan fingerprint density at radius 3 is 2.68 bits per heavy atom. The highest BCUT2D eigenvalue weighted by atomic mass is 16.5. The van der Waals surface area contributed by atoms with E-state index in [9.17, 15) is 4.79 Å². The number of unbranched alkanes of at least 4 members (excludes halogenated alkanes) is 1. The van der Waals surface area contributed by atoms with Gasteiger partial charge in [-0.3, -0.25) is 0 Å². The van der Waals surface area contributed by atoms with Gasteiger partial charge in [0.25, 0.3) is 0 Å². The first-order valence-corrected chi connectivity index (χ1v) is 9.52. The van der Waals surface area contributed by atoms with Crippen LogP contribution >= 0.6 is 0 Å². The molecule has 5 nitrogen and oxygen atoms in total. The number of carbonyl (C=O) groups is 1. The maximum atomic E-state index is 12.1. The number of rotatable bonds is 8. The zero-order valence-electron chi connectivity index (χ0n) is 16.6. The quantitative estimate of drug-likeness (QED) is 0.532. The van der Waals surface area contributed by atoms with Crippen LogP contribution in [-0.4, -0.2) is 29.7 Å². The van der Waals surface area contributed by atoms with E-state index in [0.29, 0.717) is 5.56 Å². The van der Waals surface area contributed by atoms with Crippen LogP contribution in [0.1, 0.15) is 41.5 Å². The van der Waals surface area contributed by atoms with Gasteiger partial charge in [-0.15, -0.1) is 0 Å². The summed E-state index contributed by atoms with van der Waals surface area (Å²) in [5.74, 6) is 1.46. The second kappa shape index (κ2) is 9.22. The average molecular weight is 378 g/mol. The average Bonchev–Trinajstić information content (AvgIpc) is 3.18. The summed E-state index contributed by atoms with van der Waals surface area (Å²) >= 11 is 0. The van der Waals surface area contributed by atoms with Crippen molar-refractivity contribution in [1.29, 1.82) is 0 Å². The number of esters is 1. The molecule has 0 unspecified atom stereocenters. The van der Waals surface area contributed by atoms with E-state index in [4.69, 9.17) is 9.47 Å². The van der Waals surface area contributed by atoms with Crippen molar-refractivity contribution in [2.24, 2.45) is 0 Å². The number of nitrogens with zero attached hydrogens (tertiary/aromatic N) is 2. The minimum Gasteiger partial charge on any atom is -0.496 e. The monoisotopic (exact) mass is 378 g/mol. The van der Waals surface area contributed by atoms with Gasteiger partial charge in [0.15, 0.2) is 0 Å². The Morgan fingerprint density at radius 1 is 1.11 bits per heavy atom. The molecule has 0 spiro atoms. The summed E-state index contributed by atoms with van der Waals surface area (Å²) in [6.07, 6.45) is 7.12. The summed E-state index contributed by atoms with van der Waals surface area (Å²) < 4.78 is 12.7. The number of imidazole rings is 1. The van der Waals surface area contributed by atoms with Crippen molar-refractivity contribution in [2.45, 2.75) is 32.7 Å². The normalized spacial score (nSPS) is 10.7. The lowest BCUT2D eigenvalue weighted by Gasteiger charge is -2.14. The first-order valence-electron chi connectivity index (χ1n) is 9.52. The first-order chi connectivity index (χ1) is 13.7. The van der Waals surface area contributed by atoms with Crippen LogP contribution in [-0.2, 0) is 17.7 Å². The van der Waals surface area contributed by atoms with E-state index in [-0.39, 0.29) is 5.97 Å². The molecule has 0 bridgehead atoms. The van der Waals surface area contributed by atoms with E-state index in [1.165, 1.54) is 7.11 Å². The number of hydrogen-bond acceptors (Lipinski definition) is 4. The van der Waals surface area contributed by atoms with Crippen LogP contribution in [0.3, 0.4) is 0 Å². The van der Waals surface area contributed by atoms with Crippen LogP contribution in [0, 0.1) is 0 Å². The molecule has 0 aliphatic rings. The largest absolute Gasteiger partial charge is 0.496 e. The predicted octanol–water partition coefficient (Wildman–Crippen LogP) is 4.74. The zero-order valence-corrected chi connectivity index (χ0v) is 16.6. The third-order valence-electron chi connectivity index (χ3n) is 4.80. The molecule has 146 valence electrons. The van der Waals surface area contributed by atoms with Crippen LogP contribution in [0.2, 0.25) is 0 Å². The van der Waals surface area contributed by atoms with Crippen LogP contribution in [0.15, 0.2) is 54.9 Å². The van der Waals surface area contributed by atoms with Crippen molar-refractivity contribution in [3.8, 4) is 16.9 Å². The molecule has 1 aromatic heterocycles. The van der Waals surface area contributed by atoms with Crippen molar-refractivity contribution >= 4 is 5.97 Å². The summed E-state index contributed by atoms with van der Waals surface area (Å²) in [6.45, 7) is 2.91. The molecule has 2 aromatic carbocycles. The highest BCUT2D eigenvalue weighted by Crippen LogP contribution is 2.33. The van der Waals surface area contributed by atoms with Crippen LogP contribution in [0.25, 0.3) is 11.1 Å². The lowest BCUT2D eigenvalue weighted by Crippen LogP contribution is -2.06. The van der Waals surface area contributed by atoms with Gasteiger partial charge in [0, 0.05) is 30.9 Å². The minimum absolute atomic E-state index is 0.360. The first kappa shape index (κ1) is 19.7. The van der Waals surface area contributed by atoms with Crippen molar-refractivity contribution in [3.63, 3.8) is 0 Å². The molecule has 0 saturated heterocycles. The van der Waals surface area contributed by atoms with Crippen LogP contribution < -0.4 is 4.74 Å². The van der Waals surface area contributed by atoms with Gasteiger partial charge in [0.05, 0.1) is 19.8 Å². The second-order valence-corrected chi connectivity index (χ2v) is 6.65. The standard InChI is InChI=1S/C23H26N2O3/c1-4-5-10-22-24-13-14-25(22)16-17-11-12-19(21(15-17)27-2)18-8-6-7-9-20(18)23(26)28-3/h6-9,11-15H,4-5,10,16H2,1-3H3. The van der Waals surface area contributed by atoms with Crippen LogP contribution in [0.5, 0.6) is 5.75 Å². The molecule has 1 heterocycles. The molecule has 28 heavy (non-hydrogen) atoms. The number of aryl methyl sites for hydroxylation is 1. The summed E-state index contributed by atoms with van der Waals surface area (Å²) in [5.41, 5.74) is 3.30. The van der Waals surface area contributed by atoms with Crippen molar-refractivity contribution < 1.29 is 14.3 Å².